The van der Waals surface area contributed by atoms with Gasteiger partial charge in [0.05, 0.1) is 6.10 Å². The van der Waals surface area contributed by atoms with E-state index in [0.717, 1.165) is 13.0 Å². The molecule has 0 aromatic heterocycles. The van der Waals surface area contributed by atoms with E-state index in [-0.39, 0.29) is 12.4 Å². The van der Waals surface area contributed by atoms with Crippen molar-refractivity contribution in [1.82, 2.24) is 5.32 Å². The molecule has 1 aliphatic rings. The number of nitrogens with one attached hydrogen (secondary N) is 1. The molecule has 10 heavy (non-hydrogen) atoms. The lowest BCUT2D eigenvalue weighted by Gasteiger charge is -2.09. The summed E-state index contributed by atoms with van der Waals surface area (Å²) in [7, 11) is 0. The van der Waals surface area contributed by atoms with Gasteiger partial charge in [-0.2, -0.15) is 0 Å². The fourth-order valence-electron chi connectivity index (χ4n) is 0.993. The molecule has 1 saturated heterocycles. The van der Waals surface area contributed by atoms with E-state index in [2.05, 4.69) is 5.32 Å². The van der Waals surface area contributed by atoms with Crippen LogP contribution in [0.2, 0.25) is 0 Å². The Kier molecular flexibility index (Phi) is 4.95. The molecule has 2 unspecified atom stereocenters. The second-order valence-electron chi connectivity index (χ2n) is 2.43. The zero-order chi connectivity index (χ0) is 6.69. The summed E-state index contributed by atoms with van der Waals surface area (Å²) >= 11 is 0. The minimum atomic E-state index is -1.06. The van der Waals surface area contributed by atoms with E-state index < -0.39 is 12.3 Å². The number of halogens is 2. The molecule has 0 amide bonds. The first-order chi connectivity index (χ1) is 4.30. The van der Waals surface area contributed by atoms with Gasteiger partial charge in [0.2, 0.25) is 0 Å². The van der Waals surface area contributed by atoms with Crippen LogP contribution in [-0.4, -0.2) is 30.5 Å². The van der Waals surface area contributed by atoms with E-state index in [0.29, 0.717) is 13.0 Å². The fraction of sp³-hybridized carbons (Fsp3) is 1.00. The molecule has 2 N–H and O–H groups in total. The Morgan fingerprint density at radius 3 is 2.90 bits per heavy atom. The highest BCUT2D eigenvalue weighted by Crippen LogP contribution is 2.07. The van der Waals surface area contributed by atoms with Crippen molar-refractivity contribution in [3.8, 4) is 0 Å². The first-order valence-corrected chi connectivity index (χ1v) is 3.33. The Morgan fingerprint density at radius 2 is 2.20 bits per heavy atom. The van der Waals surface area contributed by atoms with Gasteiger partial charge in [0, 0.05) is 6.54 Å². The number of aliphatic hydroxyl groups excluding tert-OH is 1. The highest BCUT2D eigenvalue weighted by molar-refractivity contribution is 5.85. The zero-order valence-corrected chi connectivity index (χ0v) is 6.53. The lowest BCUT2D eigenvalue weighted by Crippen LogP contribution is -2.28. The molecule has 4 heteroatoms. The van der Waals surface area contributed by atoms with Gasteiger partial charge in [-0.1, -0.05) is 0 Å². The van der Waals surface area contributed by atoms with Crippen LogP contribution in [0.15, 0.2) is 0 Å². The third kappa shape index (κ3) is 2.82. The molecular formula is C6H13ClFNO. The van der Waals surface area contributed by atoms with Crippen molar-refractivity contribution in [3.05, 3.63) is 0 Å². The molecule has 2 nitrogen and oxygen atoms in total. The van der Waals surface area contributed by atoms with Crippen LogP contribution in [0.1, 0.15) is 12.8 Å². The molecule has 62 valence electrons. The predicted octanol–water partition coefficient (Wildman–Crippen LogP) is 0.491. The first-order valence-electron chi connectivity index (χ1n) is 3.33. The molecule has 1 fully saturated rings. The van der Waals surface area contributed by atoms with Gasteiger partial charge in [-0.3, -0.25) is 0 Å². The molecule has 0 spiro atoms. The van der Waals surface area contributed by atoms with Crippen LogP contribution in [0.3, 0.4) is 0 Å². The lowest BCUT2D eigenvalue weighted by molar-refractivity contribution is 0.0787. The number of hydrogen-bond acceptors (Lipinski definition) is 2. The van der Waals surface area contributed by atoms with Gasteiger partial charge in [0.25, 0.3) is 0 Å². The van der Waals surface area contributed by atoms with Crippen LogP contribution in [0.4, 0.5) is 4.39 Å². The van der Waals surface area contributed by atoms with Crippen LogP contribution in [0, 0.1) is 0 Å². The number of aliphatic hydroxyl groups is 1. The molecule has 0 aromatic carbocycles. The maximum Gasteiger partial charge on any atom is 0.138 e. The third-order valence-corrected chi connectivity index (χ3v) is 1.61. The van der Waals surface area contributed by atoms with Gasteiger partial charge >= 0.3 is 0 Å². The smallest absolute Gasteiger partial charge is 0.138 e. The molecule has 0 saturated carbocycles. The quantitative estimate of drug-likeness (QED) is 0.553. The van der Waals surface area contributed by atoms with Crippen molar-refractivity contribution >= 4 is 12.4 Å². The molecule has 1 aliphatic heterocycles. The molecule has 0 aliphatic carbocycles. The minimum Gasteiger partial charge on any atom is -0.390 e. The van der Waals surface area contributed by atoms with Crippen LogP contribution in [0.25, 0.3) is 0 Å². The summed E-state index contributed by atoms with van der Waals surface area (Å²) in [5.74, 6) is 0. The highest BCUT2D eigenvalue weighted by Gasteiger charge is 2.19. The maximum atomic E-state index is 12.5. The Labute approximate surface area is 66.2 Å². The van der Waals surface area contributed by atoms with Crippen molar-refractivity contribution < 1.29 is 9.50 Å². The molecular weight excluding hydrogens is 157 g/mol. The lowest BCUT2D eigenvalue weighted by atomic mass is 10.1. The molecule has 1 rings (SSSR count). The number of rotatable bonds is 0. The van der Waals surface area contributed by atoms with Crippen LogP contribution in [0.5, 0.6) is 0 Å². The normalized spacial score (nSPS) is 34.2. The summed E-state index contributed by atoms with van der Waals surface area (Å²) in [6.07, 6.45) is -0.331. The van der Waals surface area contributed by atoms with Crippen molar-refractivity contribution in [2.24, 2.45) is 0 Å². The third-order valence-electron chi connectivity index (χ3n) is 1.61. The molecule has 1 heterocycles. The monoisotopic (exact) mass is 169 g/mol. The summed E-state index contributed by atoms with van der Waals surface area (Å²) < 4.78 is 12.5. The van der Waals surface area contributed by atoms with Crippen molar-refractivity contribution in [2.75, 3.05) is 13.1 Å². The first kappa shape index (κ1) is 10.1. The van der Waals surface area contributed by atoms with Gasteiger partial charge in [0.15, 0.2) is 0 Å². The second kappa shape index (κ2) is 4.88. The summed E-state index contributed by atoms with van der Waals surface area (Å²) in [6.45, 7) is 1.14. The Bertz CT molecular complexity index is 83.8. The maximum absolute atomic E-state index is 12.5. The molecule has 0 aromatic rings. The second-order valence-corrected chi connectivity index (χ2v) is 2.43. The van der Waals surface area contributed by atoms with E-state index in [1.54, 1.807) is 0 Å². The summed E-state index contributed by atoms with van der Waals surface area (Å²) in [5, 5.41) is 11.8. The van der Waals surface area contributed by atoms with E-state index in [4.69, 9.17) is 5.11 Å². The predicted molar refractivity (Wildman–Crippen MR) is 40.3 cm³/mol. The Morgan fingerprint density at radius 1 is 1.50 bits per heavy atom. The van der Waals surface area contributed by atoms with E-state index in [1.807, 2.05) is 0 Å². The van der Waals surface area contributed by atoms with Gasteiger partial charge < -0.3 is 10.4 Å². The summed E-state index contributed by atoms with van der Waals surface area (Å²) in [5.41, 5.74) is 0. The van der Waals surface area contributed by atoms with Crippen LogP contribution in [-0.2, 0) is 0 Å². The average Bonchev–Trinajstić information content (AvgIpc) is 1.99. The van der Waals surface area contributed by atoms with E-state index in [1.165, 1.54) is 0 Å². The van der Waals surface area contributed by atoms with Crippen molar-refractivity contribution in [3.63, 3.8) is 0 Å². The van der Waals surface area contributed by atoms with Crippen LogP contribution >= 0.6 is 12.4 Å². The van der Waals surface area contributed by atoms with Gasteiger partial charge in [0.1, 0.15) is 6.17 Å². The average molecular weight is 170 g/mol. The Balaban J connectivity index is 0.000000810. The zero-order valence-electron chi connectivity index (χ0n) is 5.72. The van der Waals surface area contributed by atoms with Crippen molar-refractivity contribution in [2.45, 2.75) is 25.1 Å². The minimum absolute atomic E-state index is 0. The SMILES string of the molecule is Cl.OC1CCCNCC1F. The number of hydrogen-bond donors (Lipinski definition) is 2. The summed E-state index contributed by atoms with van der Waals surface area (Å²) in [6, 6.07) is 0. The fourth-order valence-corrected chi connectivity index (χ4v) is 0.993. The standard InChI is InChI=1S/C6H12FNO.ClH/c7-5-4-8-3-1-2-6(5)9;/h5-6,8-9H,1-4H2;1H. The Hall–Kier alpha value is 0.140. The largest absolute Gasteiger partial charge is 0.390 e. The van der Waals surface area contributed by atoms with Gasteiger partial charge in [-0.15, -0.1) is 12.4 Å². The van der Waals surface area contributed by atoms with Crippen LogP contribution < -0.4 is 5.32 Å². The highest BCUT2D eigenvalue weighted by atomic mass is 35.5. The van der Waals surface area contributed by atoms with E-state index >= 15 is 0 Å². The summed E-state index contributed by atoms with van der Waals surface area (Å²) in [4.78, 5) is 0. The van der Waals surface area contributed by atoms with E-state index in [9.17, 15) is 4.39 Å². The van der Waals surface area contributed by atoms with Gasteiger partial charge in [-0.05, 0) is 19.4 Å². The number of alkyl halides is 1. The molecule has 2 atom stereocenters. The topological polar surface area (TPSA) is 32.3 Å². The van der Waals surface area contributed by atoms with Crippen molar-refractivity contribution in [1.29, 1.82) is 0 Å². The molecule has 0 bridgehead atoms. The van der Waals surface area contributed by atoms with Gasteiger partial charge in [-0.25, -0.2) is 4.39 Å². The molecule has 0 radical (unpaired) electrons.